The highest BCUT2D eigenvalue weighted by Crippen LogP contribution is 2.26. The van der Waals surface area contributed by atoms with E-state index in [9.17, 15) is 14.4 Å². The van der Waals surface area contributed by atoms with Crippen LogP contribution in [0.5, 0.6) is 0 Å². The standard InChI is InChI=1S/C25H22N4O3S/c1-17-9-8-12-19(15-17)26-22(30)16-21-24(32)28(20-13-6-3-7-14-20)25(33)29(21)27-23(31)18-10-4-2-5-11-18/h2-15,21H,16H2,1H3,(H,26,30)(H,27,31). The van der Waals surface area contributed by atoms with Crippen molar-refractivity contribution in [2.45, 2.75) is 19.4 Å². The fraction of sp³-hybridized carbons (Fsp3) is 0.120. The molecular weight excluding hydrogens is 436 g/mol. The van der Waals surface area contributed by atoms with Crippen LogP contribution in [0.4, 0.5) is 11.4 Å². The van der Waals surface area contributed by atoms with Gasteiger partial charge in [0.2, 0.25) is 11.0 Å². The highest BCUT2D eigenvalue weighted by atomic mass is 32.1. The smallest absolute Gasteiger partial charge is 0.269 e. The highest BCUT2D eigenvalue weighted by molar-refractivity contribution is 7.80. The molecule has 1 atom stereocenters. The summed E-state index contributed by atoms with van der Waals surface area (Å²) in [6.45, 7) is 1.92. The SMILES string of the molecule is Cc1cccc(NC(=O)CC2C(=O)N(c3ccccc3)C(=S)N2NC(=O)c2ccccc2)c1. The van der Waals surface area contributed by atoms with Crippen LogP contribution in [-0.4, -0.2) is 33.9 Å². The zero-order valence-corrected chi connectivity index (χ0v) is 18.7. The van der Waals surface area contributed by atoms with Crippen molar-refractivity contribution in [2.75, 3.05) is 10.2 Å². The number of anilines is 2. The van der Waals surface area contributed by atoms with Crippen LogP contribution < -0.4 is 15.6 Å². The number of thiocarbonyl (C=S) groups is 1. The van der Waals surface area contributed by atoms with Gasteiger partial charge in [0.1, 0.15) is 6.04 Å². The number of nitrogens with one attached hydrogen (secondary N) is 2. The minimum absolute atomic E-state index is 0.101. The van der Waals surface area contributed by atoms with Crippen LogP contribution in [0.2, 0.25) is 0 Å². The molecule has 0 radical (unpaired) electrons. The first-order chi connectivity index (χ1) is 15.9. The number of aryl methyl sites for hydroxylation is 1. The molecule has 7 nitrogen and oxygen atoms in total. The molecule has 1 heterocycles. The normalized spacial score (nSPS) is 15.5. The molecule has 1 saturated heterocycles. The van der Waals surface area contributed by atoms with E-state index in [-0.39, 0.29) is 23.3 Å². The first-order valence-corrected chi connectivity index (χ1v) is 10.8. The van der Waals surface area contributed by atoms with E-state index in [2.05, 4.69) is 10.7 Å². The number of carbonyl (C=O) groups is 3. The Morgan fingerprint density at radius 1 is 0.939 bits per heavy atom. The Bertz CT molecular complexity index is 1200. The summed E-state index contributed by atoms with van der Waals surface area (Å²) < 4.78 is 0. The van der Waals surface area contributed by atoms with Crippen molar-refractivity contribution >= 4 is 46.4 Å². The Balaban J connectivity index is 1.59. The summed E-state index contributed by atoms with van der Waals surface area (Å²) in [6.07, 6.45) is -0.189. The van der Waals surface area contributed by atoms with E-state index >= 15 is 0 Å². The van der Waals surface area contributed by atoms with Gasteiger partial charge in [-0.1, -0.05) is 48.5 Å². The lowest BCUT2D eigenvalue weighted by Gasteiger charge is -2.24. The van der Waals surface area contributed by atoms with Gasteiger partial charge in [-0.2, -0.15) is 0 Å². The largest absolute Gasteiger partial charge is 0.326 e. The number of hydrogen-bond acceptors (Lipinski definition) is 4. The first-order valence-electron chi connectivity index (χ1n) is 10.4. The maximum atomic E-state index is 13.4. The molecule has 3 amide bonds. The summed E-state index contributed by atoms with van der Waals surface area (Å²) in [5.41, 5.74) is 5.32. The van der Waals surface area contributed by atoms with Gasteiger partial charge in [0, 0.05) is 11.3 Å². The highest BCUT2D eigenvalue weighted by Gasteiger charge is 2.45. The zero-order chi connectivity index (χ0) is 23.4. The van der Waals surface area contributed by atoms with Crippen molar-refractivity contribution in [3.63, 3.8) is 0 Å². The predicted octanol–water partition coefficient (Wildman–Crippen LogP) is 3.67. The van der Waals surface area contributed by atoms with Crippen molar-refractivity contribution in [2.24, 2.45) is 0 Å². The van der Waals surface area contributed by atoms with Gasteiger partial charge in [-0.05, 0) is 61.1 Å². The van der Waals surface area contributed by atoms with E-state index < -0.39 is 11.9 Å². The third-order valence-electron chi connectivity index (χ3n) is 5.17. The van der Waals surface area contributed by atoms with Crippen molar-refractivity contribution in [3.05, 3.63) is 96.1 Å². The van der Waals surface area contributed by atoms with Crippen LogP contribution in [0.25, 0.3) is 0 Å². The van der Waals surface area contributed by atoms with Gasteiger partial charge in [-0.3, -0.25) is 24.7 Å². The molecule has 1 unspecified atom stereocenters. The number of hydrazine groups is 1. The van der Waals surface area contributed by atoms with Gasteiger partial charge >= 0.3 is 0 Å². The molecule has 166 valence electrons. The second kappa shape index (κ2) is 9.62. The third-order valence-corrected chi connectivity index (χ3v) is 5.55. The summed E-state index contributed by atoms with van der Waals surface area (Å²) in [7, 11) is 0. The summed E-state index contributed by atoms with van der Waals surface area (Å²) >= 11 is 5.55. The lowest BCUT2D eigenvalue weighted by Crippen LogP contribution is -2.49. The average Bonchev–Trinajstić information content (AvgIpc) is 3.04. The Labute approximate surface area is 197 Å². The molecule has 3 aromatic rings. The topological polar surface area (TPSA) is 81.8 Å². The fourth-order valence-electron chi connectivity index (χ4n) is 3.59. The van der Waals surface area contributed by atoms with Gasteiger partial charge < -0.3 is 5.32 Å². The maximum absolute atomic E-state index is 13.4. The van der Waals surface area contributed by atoms with E-state index in [1.54, 1.807) is 60.7 Å². The van der Waals surface area contributed by atoms with Gasteiger partial charge in [-0.15, -0.1) is 0 Å². The zero-order valence-electron chi connectivity index (χ0n) is 17.9. The second-order valence-electron chi connectivity index (χ2n) is 7.61. The van der Waals surface area contributed by atoms with Crippen LogP contribution in [0, 0.1) is 6.92 Å². The molecule has 2 N–H and O–H groups in total. The fourth-order valence-corrected chi connectivity index (χ4v) is 3.96. The molecule has 1 aliphatic rings. The molecular formula is C25H22N4O3S. The average molecular weight is 459 g/mol. The van der Waals surface area contributed by atoms with Crippen molar-refractivity contribution < 1.29 is 14.4 Å². The summed E-state index contributed by atoms with van der Waals surface area (Å²) in [5.74, 6) is -1.18. The van der Waals surface area contributed by atoms with Gasteiger partial charge in [0.05, 0.1) is 12.1 Å². The number of para-hydroxylation sites is 1. The number of hydrogen-bond donors (Lipinski definition) is 2. The van der Waals surface area contributed by atoms with E-state index in [1.165, 1.54) is 9.91 Å². The molecule has 1 aliphatic heterocycles. The summed E-state index contributed by atoms with van der Waals surface area (Å²) in [4.78, 5) is 40.3. The lowest BCUT2D eigenvalue weighted by molar-refractivity contribution is -0.124. The van der Waals surface area contributed by atoms with Gasteiger partial charge in [-0.25, -0.2) is 5.01 Å². The van der Waals surface area contributed by atoms with Crippen molar-refractivity contribution in [3.8, 4) is 0 Å². The lowest BCUT2D eigenvalue weighted by atomic mass is 10.1. The monoisotopic (exact) mass is 458 g/mol. The Hall–Kier alpha value is -4.04. The van der Waals surface area contributed by atoms with Crippen LogP contribution in [0.15, 0.2) is 84.9 Å². The minimum Gasteiger partial charge on any atom is -0.326 e. The van der Waals surface area contributed by atoms with Crippen LogP contribution in [0.3, 0.4) is 0 Å². The second-order valence-corrected chi connectivity index (χ2v) is 7.97. The van der Waals surface area contributed by atoms with E-state index in [0.717, 1.165) is 5.56 Å². The molecule has 3 aromatic carbocycles. The quantitative estimate of drug-likeness (QED) is 0.551. The summed E-state index contributed by atoms with van der Waals surface area (Å²) in [6, 6.07) is 23.9. The number of carbonyl (C=O) groups excluding carboxylic acids is 3. The number of benzene rings is 3. The molecule has 0 aliphatic carbocycles. The molecule has 0 aromatic heterocycles. The molecule has 0 spiro atoms. The summed E-state index contributed by atoms with van der Waals surface area (Å²) in [5, 5.41) is 4.22. The molecule has 0 saturated carbocycles. The number of amides is 3. The van der Waals surface area contributed by atoms with E-state index in [4.69, 9.17) is 12.2 Å². The van der Waals surface area contributed by atoms with Crippen LogP contribution >= 0.6 is 12.2 Å². The van der Waals surface area contributed by atoms with Gasteiger partial charge in [0.25, 0.3) is 11.8 Å². The van der Waals surface area contributed by atoms with E-state index in [0.29, 0.717) is 16.9 Å². The Morgan fingerprint density at radius 2 is 1.61 bits per heavy atom. The maximum Gasteiger partial charge on any atom is 0.269 e. The van der Waals surface area contributed by atoms with Crippen LogP contribution in [0.1, 0.15) is 22.3 Å². The Kier molecular flexibility index (Phi) is 6.46. The Morgan fingerprint density at radius 3 is 2.27 bits per heavy atom. The minimum atomic E-state index is -0.991. The van der Waals surface area contributed by atoms with Crippen LogP contribution in [-0.2, 0) is 9.59 Å². The molecule has 0 bridgehead atoms. The molecule has 8 heteroatoms. The molecule has 1 fully saturated rings. The predicted molar refractivity (Wildman–Crippen MR) is 130 cm³/mol. The van der Waals surface area contributed by atoms with Crippen molar-refractivity contribution in [1.82, 2.24) is 10.4 Å². The first kappa shape index (κ1) is 22.2. The van der Waals surface area contributed by atoms with Crippen molar-refractivity contribution in [1.29, 1.82) is 0 Å². The van der Waals surface area contributed by atoms with E-state index in [1.807, 2.05) is 31.2 Å². The van der Waals surface area contributed by atoms with Gasteiger partial charge in [0.15, 0.2) is 0 Å². The number of nitrogens with zero attached hydrogens (tertiary/aromatic N) is 2. The molecule has 4 rings (SSSR count). The third kappa shape index (κ3) is 4.91. The number of rotatable bonds is 6. The molecule has 33 heavy (non-hydrogen) atoms.